The quantitative estimate of drug-likeness (QED) is 0.722. The summed E-state index contributed by atoms with van der Waals surface area (Å²) in [6.07, 6.45) is 0. The molecule has 76 valence electrons. The van der Waals surface area contributed by atoms with Gasteiger partial charge in [-0.1, -0.05) is 37.6 Å². The lowest BCUT2D eigenvalue weighted by molar-refractivity contribution is -0.113. The lowest BCUT2D eigenvalue weighted by Crippen LogP contribution is -2.13. The fourth-order valence-corrected chi connectivity index (χ4v) is 2.05. The fraction of sp³-hybridized carbons (Fsp3) is 0.364. The molecule has 0 spiro atoms. The Balaban J connectivity index is 3.05. The average molecular weight is 231 g/mol. The van der Waals surface area contributed by atoms with Crippen LogP contribution in [0.25, 0.3) is 0 Å². The van der Waals surface area contributed by atoms with E-state index < -0.39 is 0 Å². The summed E-state index contributed by atoms with van der Waals surface area (Å²) in [4.78, 5) is 11.2. The zero-order valence-electron chi connectivity index (χ0n) is 8.13. The molecule has 1 atom stereocenters. The summed E-state index contributed by atoms with van der Waals surface area (Å²) < 4.78 is 0. The highest BCUT2D eigenvalue weighted by atomic mass is 35.5. The number of carbonyl (C=O) groups is 1. The van der Waals surface area contributed by atoms with Gasteiger partial charge in [0.15, 0.2) is 0 Å². The molecule has 0 bridgehead atoms. The molecule has 1 rings (SSSR count). The van der Waals surface area contributed by atoms with E-state index in [0.29, 0.717) is 5.02 Å². The van der Waals surface area contributed by atoms with Crippen molar-refractivity contribution in [3.05, 3.63) is 34.9 Å². The SMILES string of the molecule is CC(C)C(C(=O)Cl)c1cccc(Cl)c1. The topological polar surface area (TPSA) is 17.1 Å². The maximum Gasteiger partial charge on any atom is 0.229 e. The van der Waals surface area contributed by atoms with Crippen LogP contribution in [-0.4, -0.2) is 5.24 Å². The molecule has 3 heteroatoms. The molecule has 0 amide bonds. The van der Waals surface area contributed by atoms with Crippen LogP contribution >= 0.6 is 23.2 Å². The van der Waals surface area contributed by atoms with Crippen molar-refractivity contribution in [2.75, 3.05) is 0 Å². The molecule has 0 saturated carbocycles. The second-order valence-corrected chi connectivity index (χ2v) is 4.39. The minimum Gasteiger partial charge on any atom is -0.281 e. The van der Waals surface area contributed by atoms with Crippen molar-refractivity contribution < 1.29 is 4.79 Å². The van der Waals surface area contributed by atoms with Crippen LogP contribution in [0.1, 0.15) is 25.3 Å². The number of halogens is 2. The van der Waals surface area contributed by atoms with Crippen molar-refractivity contribution in [2.24, 2.45) is 5.92 Å². The molecule has 0 heterocycles. The van der Waals surface area contributed by atoms with E-state index >= 15 is 0 Å². The fourth-order valence-electron chi connectivity index (χ4n) is 1.48. The van der Waals surface area contributed by atoms with E-state index in [-0.39, 0.29) is 17.1 Å². The Kier molecular flexibility index (Phi) is 3.97. The first-order valence-electron chi connectivity index (χ1n) is 4.47. The molecular weight excluding hydrogens is 219 g/mol. The molecule has 0 aliphatic rings. The minimum atomic E-state index is -0.331. The third kappa shape index (κ3) is 2.73. The summed E-state index contributed by atoms with van der Waals surface area (Å²) in [7, 11) is 0. The summed E-state index contributed by atoms with van der Waals surface area (Å²) in [5.74, 6) is -0.0890. The van der Waals surface area contributed by atoms with Gasteiger partial charge in [-0.15, -0.1) is 0 Å². The molecule has 0 fully saturated rings. The Morgan fingerprint density at radius 2 is 2.00 bits per heavy atom. The first kappa shape index (κ1) is 11.5. The number of hydrogen-bond donors (Lipinski definition) is 0. The Morgan fingerprint density at radius 1 is 1.36 bits per heavy atom. The first-order chi connectivity index (χ1) is 6.52. The zero-order valence-corrected chi connectivity index (χ0v) is 9.64. The van der Waals surface area contributed by atoms with Gasteiger partial charge in [-0.25, -0.2) is 0 Å². The molecule has 0 aliphatic heterocycles. The molecule has 0 N–H and O–H groups in total. The Morgan fingerprint density at radius 3 is 2.43 bits per heavy atom. The molecule has 0 aromatic heterocycles. The van der Waals surface area contributed by atoms with Gasteiger partial charge < -0.3 is 0 Å². The largest absolute Gasteiger partial charge is 0.281 e. The normalized spacial score (nSPS) is 12.9. The molecule has 1 unspecified atom stereocenters. The highest BCUT2D eigenvalue weighted by Gasteiger charge is 2.22. The summed E-state index contributed by atoms with van der Waals surface area (Å²) in [5, 5.41) is 0.299. The number of carbonyl (C=O) groups excluding carboxylic acids is 1. The number of hydrogen-bond acceptors (Lipinski definition) is 1. The number of benzene rings is 1. The van der Waals surface area contributed by atoms with Gasteiger partial charge in [0.2, 0.25) is 5.24 Å². The highest BCUT2D eigenvalue weighted by molar-refractivity contribution is 6.64. The van der Waals surface area contributed by atoms with Crippen molar-refractivity contribution in [3.8, 4) is 0 Å². The van der Waals surface area contributed by atoms with Gasteiger partial charge in [0, 0.05) is 5.02 Å². The van der Waals surface area contributed by atoms with Gasteiger partial charge in [0.1, 0.15) is 0 Å². The predicted octanol–water partition coefficient (Wildman–Crippen LogP) is 3.85. The monoisotopic (exact) mass is 230 g/mol. The van der Waals surface area contributed by atoms with Crippen LogP contribution in [-0.2, 0) is 4.79 Å². The van der Waals surface area contributed by atoms with Gasteiger partial charge in [-0.3, -0.25) is 4.79 Å². The minimum absolute atomic E-state index is 0.179. The second-order valence-electron chi connectivity index (χ2n) is 3.58. The summed E-state index contributed by atoms with van der Waals surface area (Å²) >= 11 is 11.4. The molecule has 1 aromatic rings. The Labute approximate surface area is 94.0 Å². The van der Waals surface area contributed by atoms with Crippen LogP contribution in [0, 0.1) is 5.92 Å². The summed E-state index contributed by atoms with van der Waals surface area (Å²) in [5.41, 5.74) is 0.882. The first-order valence-corrected chi connectivity index (χ1v) is 5.22. The van der Waals surface area contributed by atoms with E-state index in [9.17, 15) is 4.79 Å². The predicted molar refractivity (Wildman–Crippen MR) is 59.9 cm³/mol. The molecule has 0 saturated heterocycles. The van der Waals surface area contributed by atoms with Crippen LogP contribution in [0.4, 0.5) is 0 Å². The van der Waals surface area contributed by atoms with Gasteiger partial charge in [0.25, 0.3) is 0 Å². The molecule has 1 aromatic carbocycles. The molecule has 0 radical (unpaired) electrons. The summed E-state index contributed by atoms with van der Waals surface area (Å²) in [6, 6.07) is 7.26. The van der Waals surface area contributed by atoms with Crippen molar-refractivity contribution >= 4 is 28.4 Å². The molecular formula is C11H12Cl2O. The van der Waals surface area contributed by atoms with Crippen molar-refractivity contribution in [2.45, 2.75) is 19.8 Å². The average Bonchev–Trinajstić information content (AvgIpc) is 2.02. The summed E-state index contributed by atoms with van der Waals surface area (Å²) in [6.45, 7) is 3.93. The zero-order chi connectivity index (χ0) is 10.7. The van der Waals surface area contributed by atoms with E-state index in [0.717, 1.165) is 5.56 Å². The third-order valence-electron chi connectivity index (χ3n) is 2.12. The smallest absolute Gasteiger partial charge is 0.229 e. The van der Waals surface area contributed by atoms with Crippen LogP contribution in [0.2, 0.25) is 5.02 Å². The van der Waals surface area contributed by atoms with Crippen LogP contribution in [0.15, 0.2) is 24.3 Å². The molecule has 14 heavy (non-hydrogen) atoms. The number of rotatable bonds is 3. The van der Waals surface area contributed by atoms with E-state index in [1.54, 1.807) is 12.1 Å². The van der Waals surface area contributed by atoms with Crippen molar-refractivity contribution in [1.29, 1.82) is 0 Å². The van der Waals surface area contributed by atoms with Crippen LogP contribution in [0.3, 0.4) is 0 Å². The third-order valence-corrected chi connectivity index (χ3v) is 2.59. The van der Waals surface area contributed by atoms with Crippen LogP contribution < -0.4 is 0 Å². The molecule has 1 nitrogen and oxygen atoms in total. The lowest BCUT2D eigenvalue weighted by Gasteiger charge is -2.16. The Hall–Kier alpha value is -0.530. The molecule has 0 aliphatic carbocycles. The van der Waals surface area contributed by atoms with Gasteiger partial charge in [-0.05, 0) is 35.2 Å². The van der Waals surface area contributed by atoms with Gasteiger partial charge in [-0.2, -0.15) is 0 Å². The maximum atomic E-state index is 11.2. The second kappa shape index (κ2) is 4.81. The van der Waals surface area contributed by atoms with Crippen molar-refractivity contribution in [1.82, 2.24) is 0 Å². The van der Waals surface area contributed by atoms with E-state index in [1.165, 1.54) is 0 Å². The van der Waals surface area contributed by atoms with Gasteiger partial charge >= 0.3 is 0 Å². The van der Waals surface area contributed by atoms with E-state index in [2.05, 4.69) is 0 Å². The van der Waals surface area contributed by atoms with Gasteiger partial charge in [0.05, 0.1) is 5.92 Å². The lowest BCUT2D eigenvalue weighted by atomic mass is 9.90. The standard InChI is InChI=1S/C11H12Cl2O/c1-7(2)10(11(13)14)8-4-3-5-9(12)6-8/h3-7,10H,1-2H3. The Bertz CT molecular complexity index is 334. The van der Waals surface area contributed by atoms with Crippen LogP contribution in [0.5, 0.6) is 0 Å². The highest BCUT2D eigenvalue weighted by Crippen LogP contribution is 2.28. The maximum absolute atomic E-state index is 11.2. The van der Waals surface area contributed by atoms with E-state index in [1.807, 2.05) is 26.0 Å². The van der Waals surface area contributed by atoms with Crippen molar-refractivity contribution in [3.63, 3.8) is 0 Å². The van der Waals surface area contributed by atoms with E-state index in [4.69, 9.17) is 23.2 Å².